The second-order valence-corrected chi connectivity index (χ2v) is 5.81. The standard InChI is InChI=1S/C17H20N4O/c1-2-4-15-13(3-1)7-10-21(15)16-11-17(20-12-19-16)22-14-5-8-18-9-6-14/h1-4,11-12,14,18H,5-10H2. The number of hydrogen-bond acceptors (Lipinski definition) is 5. The fourth-order valence-corrected chi connectivity index (χ4v) is 3.20. The monoisotopic (exact) mass is 296 g/mol. The molecule has 1 aromatic heterocycles. The summed E-state index contributed by atoms with van der Waals surface area (Å²) in [6.45, 7) is 2.99. The lowest BCUT2D eigenvalue weighted by Crippen LogP contribution is -2.34. The van der Waals surface area contributed by atoms with Gasteiger partial charge in [-0.1, -0.05) is 18.2 Å². The van der Waals surface area contributed by atoms with Crippen LogP contribution in [0.1, 0.15) is 18.4 Å². The van der Waals surface area contributed by atoms with Crippen molar-refractivity contribution < 1.29 is 4.74 Å². The Balaban J connectivity index is 1.55. The van der Waals surface area contributed by atoms with E-state index in [0.717, 1.165) is 44.7 Å². The van der Waals surface area contributed by atoms with Crippen molar-refractivity contribution in [2.45, 2.75) is 25.4 Å². The van der Waals surface area contributed by atoms with Crippen molar-refractivity contribution in [1.82, 2.24) is 15.3 Å². The molecule has 0 aliphatic carbocycles. The Morgan fingerprint density at radius 1 is 1.14 bits per heavy atom. The van der Waals surface area contributed by atoms with Crippen molar-refractivity contribution in [3.63, 3.8) is 0 Å². The lowest BCUT2D eigenvalue weighted by molar-refractivity contribution is 0.156. The highest BCUT2D eigenvalue weighted by molar-refractivity contribution is 5.67. The number of anilines is 2. The summed E-state index contributed by atoms with van der Waals surface area (Å²) < 4.78 is 6.03. The van der Waals surface area contributed by atoms with Crippen LogP contribution in [0, 0.1) is 0 Å². The average Bonchev–Trinajstić information content (AvgIpc) is 3.00. The molecule has 2 aliphatic heterocycles. The number of fused-ring (bicyclic) bond motifs is 1. The van der Waals surface area contributed by atoms with Crippen LogP contribution in [0.5, 0.6) is 5.88 Å². The Labute approximate surface area is 130 Å². The first-order valence-electron chi connectivity index (χ1n) is 7.95. The van der Waals surface area contributed by atoms with Crippen LogP contribution in [0.3, 0.4) is 0 Å². The molecule has 1 aromatic carbocycles. The molecule has 3 heterocycles. The van der Waals surface area contributed by atoms with E-state index in [4.69, 9.17) is 4.74 Å². The van der Waals surface area contributed by atoms with E-state index in [1.807, 2.05) is 6.07 Å². The lowest BCUT2D eigenvalue weighted by atomic mass is 10.1. The maximum absolute atomic E-state index is 6.03. The van der Waals surface area contributed by atoms with Crippen LogP contribution in [0.25, 0.3) is 0 Å². The first-order chi connectivity index (χ1) is 10.9. The summed E-state index contributed by atoms with van der Waals surface area (Å²) in [5, 5.41) is 3.35. The number of ether oxygens (including phenoxy) is 1. The van der Waals surface area contributed by atoms with Crippen molar-refractivity contribution in [3.8, 4) is 5.88 Å². The molecule has 0 unspecified atom stereocenters. The van der Waals surface area contributed by atoms with Gasteiger partial charge >= 0.3 is 0 Å². The number of para-hydroxylation sites is 1. The van der Waals surface area contributed by atoms with Gasteiger partial charge in [0.1, 0.15) is 18.2 Å². The zero-order valence-electron chi connectivity index (χ0n) is 12.5. The molecule has 0 bridgehead atoms. The molecule has 0 spiro atoms. The number of rotatable bonds is 3. The minimum atomic E-state index is 0.259. The van der Waals surface area contributed by atoms with Gasteiger partial charge in [0.15, 0.2) is 0 Å². The maximum Gasteiger partial charge on any atom is 0.218 e. The fourth-order valence-electron chi connectivity index (χ4n) is 3.20. The Bertz CT molecular complexity index is 655. The second-order valence-electron chi connectivity index (χ2n) is 5.81. The number of aromatic nitrogens is 2. The first kappa shape index (κ1) is 13.5. The normalized spacial score (nSPS) is 18.3. The van der Waals surface area contributed by atoms with Crippen LogP contribution in [0.15, 0.2) is 36.7 Å². The van der Waals surface area contributed by atoms with E-state index in [9.17, 15) is 0 Å². The van der Waals surface area contributed by atoms with Gasteiger partial charge in [0.25, 0.3) is 0 Å². The third-order valence-corrected chi connectivity index (χ3v) is 4.36. The SMILES string of the molecule is c1ccc2c(c1)CCN2c1cc(OC2CCNCC2)ncn1. The smallest absolute Gasteiger partial charge is 0.218 e. The molecule has 2 aromatic rings. The van der Waals surface area contributed by atoms with Crippen LogP contribution in [0.4, 0.5) is 11.5 Å². The Kier molecular flexibility index (Phi) is 3.64. The van der Waals surface area contributed by atoms with E-state index in [1.54, 1.807) is 6.33 Å². The molecule has 22 heavy (non-hydrogen) atoms. The molecule has 0 atom stereocenters. The van der Waals surface area contributed by atoms with E-state index in [2.05, 4.69) is 44.5 Å². The minimum Gasteiger partial charge on any atom is -0.474 e. The molecule has 1 saturated heterocycles. The summed E-state index contributed by atoms with van der Waals surface area (Å²) in [6.07, 6.45) is 4.99. The zero-order chi connectivity index (χ0) is 14.8. The molecule has 1 N–H and O–H groups in total. The Morgan fingerprint density at radius 3 is 2.91 bits per heavy atom. The van der Waals surface area contributed by atoms with Crippen molar-refractivity contribution in [2.75, 3.05) is 24.5 Å². The highest BCUT2D eigenvalue weighted by atomic mass is 16.5. The number of nitrogens with one attached hydrogen (secondary N) is 1. The Morgan fingerprint density at radius 2 is 2.00 bits per heavy atom. The molecule has 0 radical (unpaired) electrons. The molecular weight excluding hydrogens is 276 g/mol. The van der Waals surface area contributed by atoms with Gasteiger partial charge in [0, 0.05) is 18.3 Å². The zero-order valence-corrected chi connectivity index (χ0v) is 12.5. The van der Waals surface area contributed by atoms with Gasteiger partial charge in [-0.05, 0) is 44.0 Å². The van der Waals surface area contributed by atoms with E-state index in [-0.39, 0.29) is 6.10 Å². The molecule has 114 valence electrons. The number of piperidine rings is 1. The average molecular weight is 296 g/mol. The van der Waals surface area contributed by atoms with Crippen LogP contribution in [0.2, 0.25) is 0 Å². The van der Waals surface area contributed by atoms with Crippen molar-refractivity contribution in [1.29, 1.82) is 0 Å². The van der Waals surface area contributed by atoms with Gasteiger partial charge in [-0.2, -0.15) is 0 Å². The first-order valence-corrected chi connectivity index (χ1v) is 7.95. The van der Waals surface area contributed by atoms with Crippen LogP contribution >= 0.6 is 0 Å². The fraction of sp³-hybridized carbons (Fsp3) is 0.412. The molecule has 5 heteroatoms. The summed E-state index contributed by atoms with van der Waals surface area (Å²) in [6, 6.07) is 10.5. The van der Waals surface area contributed by atoms with Gasteiger partial charge < -0.3 is 15.0 Å². The van der Waals surface area contributed by atoms with E-state index in [1.165, 1.54) is 11.3 Å². The predicted octanol–water partition coefficient (Wildman–Crippen LogP) is 2.30. The predicted molar refractivity (Wildman–Crippen MR) is 85.7 cm³/mol. The molecule has 0 amide bonds. The van der Waals surface area contributed by atoms with Crippen LogP contribution in [-0.2, 0) is 6.42 Å². The molecule has 4 rings (SSSR count). The summed E-state index contributed by atoms with van der Waals surface area (Å²) in [5.41, 5.74) is 2.62. The second kappa shape index (κ2) is 5.93. The summed E-state index contributed by atoms with van der Waals surface area (Å²) in [5.74, 6) is 1.60. The Hall–Kier alpha value is -2.14. The van der Waals surface area contributed by atoms with Gasteiger partial charge in [-0.25, -0.2) is 9.97 Å². The highest BCUT2D eigenvalue weighted by Crippen LogP contribution is 2.33. The molecular formula is C17H20N4O. The van der Waals surface area contributed by atoms with Crippen LogP contribution in [-0.4, -0.2) is 35.7 Å². The van der Waals surface area contributed by atoms with Crippen molar-refractivity contribution in [3.05, 3.63) is 42.2 Å². The van der Waals surface area contributed by atoms with Crippen LogP contribution < -0.4 is 15.0 Å². The van der Waals surface area contributed by atoms with Crippen molar-refractivity contribution >= 4 is 11.5 Å². The third kappa shape index (κ3) is 2.64. The quantitative estimate of drug-likeness (QED) is 0.942. The molecule has 0 saturated carbocycles. The topological polar surface area (TPSA) is 50.3 Å². The highest BCUT2D eigenvalue weighted by Gasteiger charge is 2.22. The third-order valence-electron chi connectivity index (χ3n) is 4.36. The van der Waals surface area contributed by atoms with E-state index >= 15 is 0 Å². The lowest BCUT2D eigenvalue weighted by Gasteiger charge is -2.24. The summed E-state index contributed by atoms with van der Waals surface area (Å²) >= 11 is 0. The van der Waals surface area contributed by atoms with Gasteiger partial charge in [0.05, 0.1) is 0 Å². The van der Waals surface area contributed by atoms with E-state index in [0.29, 0.717) is 5.88 Å². The summed E-state index contributed by atoms with van der Waals surface area (Å²) in [7, 11) is 0. The summed E-state index contributed by atoms with van der Waals surface area (Å²) in [4.78, 5) is 11.0. The molecule has 2 aliphatic rings. The van der Waals surface area contributed by atoms with E-state index < -0.39 is 0 Å². The molecule has 1 fully saturated rings. The van der Waals surface area contributed by atoms with Gasteiger partial charge in [-0.3, -0.25) is 0 Å². The molecule has 5 nitrogen and oxygen atoms in total. The largest absolute Gasteiger partial charge is 0.474 e. The van der Waals surface area contributed by atoms with Gasteiger partial charge in [-0.15, -0.1) is 0 Å². The number of nitrogens with zero attached hydrogens (tertiary/aromatic N) is 3. The van der Waals surface area contributed by atoms with Gasteiger partial charge in [0.2, 0.25) is 5.88 Å². The number of hydrogen-bond donors (Lipinski definition) is 1. The van der Waals surface area contributed by atoms with Crippen molar-refractivity contribution in [2.24, 2.45) is 0 Å². The number of benzene rings is 1. The minimum absolute atomic E-state index is 0.259. The maximum atomic E-state index is 6.03.